The molecule has 0 saturated carbocycles. The van der Waals surface area contributed by atoms with E-state index in [-0.39, 0.29) is 12.5 Å². The van der Waals surface area contributed by atoms with Crippen LogP contribution in [0.3, 0.4) is 0 Å². The molecule has 2 rings (SSSR count). The molecule has 0 bridgehead atoms. The number of nitrogens with zero attached hydrogens (tertiary/aromatic N) is 1. The van der Waals surface area contributed by atoms with Crippen molar-refractivity contribution in [3.8, 4) is 16.5 Å². The predicted octanol–water partition coefficient (Wildman–Crippen LogP) is 1.81. The van der Waals surface area contributed by atoms with Gasteiger partial charge in [0.05, 0.1) is 19.7 Å². The lowest BCUT2D eigenvalue weighted by molar-refractivity contribution is -0.175. The molecule has 0 radical (unpaired) electrons. The lowest BCUT2D eigenvalue weighted by atomic mass is 9.86. The van der Waals surface area contributed by atoms with Crippen LogP contribution in [0.5, 0.6) is 5.75 Å². The zero-order valence-corrected chi connectivity index (χ0v) is 15.0. The Morgan fingerprint density at radius 2 is 2.08 bits per heavy atom. The van der Waals surface area contributed by atoms with Crippen LogP contribution in [0.15, 0.2) is 36.6 Å². The minimum absolute atomic E-state index is 0.199. The molecule has 1 saturated heterocycles. The van der Waals surface area contributed by atoms with Gasteiger partial charge in [0, 0.05) is 28.6 Å². The molecule has 6 heteroatoms. The average molecular weight is 392 g/mol. The topological polar surface area (TPSA) is 59.0 Å². The first-order chi connectivity index (χ1) is 11.6. The van der Waals surface area contributed by atoms with Crippen molar-refractivity contribution < 1.29 is 19.4 Å². The predicted molar refractivity (Wildman–Crippen MR) is 94.5 cm³/mol. The molecule has 126 valence electrons. The largest absolute Gasteiger partial charge is 0.497 e. The summed E-state index contributed by atoms with van der Waals surface area (Å²) in [5.74, 6) is 3.27. The molecule has 1 fully saturated rings. The van der Waals surface area contributed by atoms with Crippen LogP contribution >= 0.6 is 15.9 Å². The third-order valence-corrected chi connectivity index (χ3v) is 4.26. The van der Waals surface area contributed by atoms with Gasteiger partial charge in [0.25, 0.3) is 5.91 Å². The normalized spacial score (nSPS) is 20.3. The summed E-state index contributed by atoms with van der Waals surface area (Å²) in [6.45, 7) is 3.87. The maximum atomic E-state index is 12.1. The Kier molecular flexibility index (Phi) is 6.24. The fourth-order valence-corrected chi connectivity index (χ4v) is 2.86. The van der Waals surface area contributed by atoms with Crippen LogP contribution in [-0.2, 0) is 9.53 Å². The van der Waals surface area contributed by atoms with E-state index in [9.17, 15) is 9.90 Å². The maximum absolute atomic E-state index is 12.1. The first-order valence-electron chi connectivity index (χ1n) is 7.23. The van der Waals surface area contributed by atoms with Crippen LogP contribution in [0.2, 0.25) is 0 Å². The highest BCUT2D eigenvalue weighted by atomic mass is 79.9. The number of β-lactam (4-membered cyclic amide) rings is 1. The lowest BCUT2D eigenvalue weighted by Crippen LogP contribution is -2.69. The second-order valence-electron chi connectivity index (χ2n) is 5.15. The van der Waals surface area contributed by atoms with E-state index in [1.54, 1.807) is 31.4 Å². The number of carbonyl (C=O) groups is 1. The Morgan fingerprint density at radius 1 is 1.42 bits per heavy atom. The van der Waals surface area contributed by atoms with E-state index in [0.717, 1.165) is 5.56 Å². The van der Waals surface area contributed by atoms with E-state index < -0.39 is 18.2 Å². The molecule has 1 aliphatic heterocycles. The zero-order valence-electron chi connectivity index (χ0n) is 13.5. The van der Waals surface area contributed by atoms with Crippen molar-refractivity contribution in [2.75, 3.05) is 20.8 Å². The summed E-state index contributed by atoms with van der Waals surface area (Å²) < 4.78 is 10.3. The fraction of sp³-hybridized carbons (Fsp3) is 0.333. The van der Waals surface area contributed by atoms with Gasteiger partial charge in [-0.05, 0) is 22.5 Å². The van der Waals surface area contributed by atoms with Crippen molar-refractivity contribution in [2.45, 2.75) is 18.2 Å². The first kappa shape index (κ1) is 18.3. The Hall–Kier alpha value is -2.03. The van der Waals surface area contributed by atoms with Crippen molar-refractivity contribution in [3.05, 3.63) is 42.1 Å². The second kappa shape index (κ2) is 8.18. The van der Waals surface area contributed by atoms with Crippen molar-refractivity contribution in [1.82, 2.24) is 4.90 Å². The number of benzene rings is 1. The third-order valence-electron chi connectivity index (χ3n) is 3.98. The summed E-state index contributed by atoms with van der Waals surface area (Å²) in [6.07, 6.45) is -1.70. The molecule has 0 spiro atoms. The third kappa shape index (κ3) is 3.40. The standard InChI is InChI=1S/C18H18BrNO4/c1-4-14(12-6-8-13(23-2)9-7-12)16(21)15-17(24-3)18(22)20(15)11-5-10-19/h6-9,15-17,21H,1,11H2,2-3H3/t15-,16+,17+/m0/s1. The van der Waals surface area contributed by atoms with E-state index in [1.165, 1.54) is 12.0 Å². The summed E-state index contributed by atoms with van der Waals surface area (Å²) in [5, 5.41) is 10.8. The number of likely N-dealkylation sites (tertiary alicyclic amines) is 1. The Balaban J connectivity index is 2.27. The van der Waals surface area contributed by atoms with Crippen LogP contribution in [0.1, 0.15) is 5.56 Å². The maximum Gasteiger partial charge on any atom is 0.255 e. The molecular formula is C18H18BrNO4. The van der Waals surface area contributed by atoms with Gasteiger partial charge in [-0.3, -0.25) is 4.79 Å². The van der Waals surface area contributed by atoms with Crippen LogP contribution in [0.25, 0.3) is 5.57 Å². The van der Waals surface area contributed by atoms with Gasteiger partial charge in [-0.15, -0.1) is 5.73 Å². The summed E-state index contributed by atoms with van der Waals surface area (Å²) >= 11 is 3.00. The van der Waals surface area contributed by atoms with Crippen LogP contribution < -0.4 is 4.74 Å². The summed E-state index contributed by atoms with van der Waals surface area (Å²) in [4.78, 5) is 16.1. The number of carbonyl (C=O) groups excluding carboxylic acids is 1. The average Bonchev–Trinajstić information content (AvgIpc) is 2.61. The van der Waals surface area contributed by atoms with Crippen LogP contribution in [0, 0.1) is 10.8 Å². The highest BCUT2D eigenvalue weighted by molar-refractivity contribution is 9.12. The summed E-state index contributed by atoms with van der Waals surface area (Å²) in [5.41, 5.74) is 4.02. The van der Waals surface area contributed by atoms with Crippen molar-refractivity contribution in [2.24, 2.45) is 0 Å². The Morgan fingerprint density at radius 3 is 2.58 bits per heavy atom. The number of hydrogen-bond donors (Lipinski definition) is 1. The number of hydrogen-bond acceptors (Lipinski definition) is 4. The number of aliphatic hydroxyl groups excluding tert-OH is 1. The van der Waals surface area contributed by atoms with E-state index in [1.807, 2.05) is 0 Å². The van der Waals surface area contributed by atoms with Gasteiger partial charge >= 0.3 is 0 Å². The number of halogens is 1. The molecule has 1 aromatic carbocycles. The minimum atomic E-state index is -0.990. The van der Waals surface area contributed by atoms with Gasteiger partial charge in [-0.2, -0.15) is 0 Å². The molecule has 0 aliphatic carbocycles. The monoisotopic (exact) mass is 391 g/mol. The molecule has 1 aromatic rings. The highest BCUT2D eigenvalue weighted by Gasteiger charge is 2.51. The summed E-state index contributed by atoms with van der Waals surface area (Å²) in [7, 11) is 3.03. The summed E-state index contributed by atoms with van der Waals surface area (Å²) in [6, 6.07) is 6.64. The SMILES string of the molecule is C=C=C(c1ccc(OC)cc1)[C@@H](O)[C@H]1[C@@H](OC)C(=O)N1CC#CBr. The molecular weight excluding hydrogens is 374 g/mol. The van der Waals surface area contributed by atoms with Crippen molar-refractivity contribution in [1.29, 1.82) is 0 Å². The van der Waals surface area contributed by atoms with Crippen LogP contribution in [-0.4, -0.2) is 54.9 Å². The second-order valence-corrected chi connectivity index (χ2v) is 5.54. The smallest absolute Gasteiger partial charge is 0.255 e. The van der Waals surface area contributed by atoms with Gasteiger partial charge in [0.1, 0.15) is 11.9 Å². The van der Waals surface area contributed by atoms with Gasteiger partial charge < -0.3 is 19.5 Å². The molecule has 1 N–H and O–H groups in total. The molecule has 1 amide bonds. The molecule has 0 unspecified atom stereocenters. The van der Waals surface area contributed by atoms with Crippen molar-refractivity contribution in [3.63, 3.8) is 0 Å². The van der Waals surface area contributed by atoms with Crippen molar-refractivity contribution >= 4 is 27.4 Å². The molecule has 1 heterocycles. The highest BCUT2D eigenvalue weighted by Crippen LogP contribution is 2.32. The van der Waals surface area contributed by atoms with Gasteiger partial charge in [0.15, 0.2) is 6.10 Å². The van der Waals surface area contributed by atoms with E-state index in [2.05, 4.69) is 39.0 Å². The van der Waals surface area contributed by atoms with E-state index >= 15 is 0 Å². The number of ether oxygens (including phenoxy) is 2. The number of rotatable bonds is 6. The van der Waals surface area contributed by atoms with Gasteiger partial charge in [-0.25, -0.2) is 0 Å². The minimum Gasteiger partial charge on any atom is -0.497 e. The molecule has 5 nitrogen and oxygen atoms in total. The van der Waals surface area contributed by atoms with Gasteiger partial charge in [0.2, 0.25) is 0 Å². The molecule has 1 aliphatic rings. The fourth-order valence-electron chi connectivity index (χ4n) is 2.73. The first-order valence-corrected chi connectivity index (χ1v) is 8.02. The van der Waals surface area contributed by atoms with E-state index in [4.69, 9.17) is 9.47 Å². The van der Waals surface area contributed by atoms with E-state index in [0.29, 0.717) is 11.3 Å². The van der Waals surface area contributed by atoms with Gasteiger partial charge in [-0.1, -0.05) is 24.6 Å². The van der Waals surface area contributed by atoms with Crippen LogP contribution in [0.4, 0.5) is 0 Å². The Bertz CT molecular complexity index is 713. The quantitative estimate of drug-likeness (QED) is 0.456. The number of aliphatic hydroxyl groups is 1. The Labute approximate surface area is 149 Å². The number of methoxy groups -OCH3 is 2. The molecule has 3 atom stereocenters. The number of amides is 1. The lowest BCUT2D eigenvalue weighted by Gasteiger charge is -2.47. The zero-order chi connectivity index (χ0) is 17.7. The molecule has 24 heavy (non-hydrogen) atoms. The molecule has 0 aromatic heterocycles.